The van der Waals surface area contributed by atoms with E-state index in [0.29, 0.717) is 25.6 Å². The standard InChI is InChI=1S/C11H16N2O2/c1-8(9-2-3-9)11(14)13-4-5-15-10(6-12)7-13/h8-10H,2-5,7H2,1H3. The Bertz CT molecular complexity index is 293. The lowest BCUT2D eigenvalue weighted by atomic mass is 10.0. The van der Waals surface area contributed by atoms with Gasteiger partial charge in [-0.15, -0.1) is 0 Å². The Hall–Kier alpha value is -1.08. The molecule has 1 amide bonds. The summed E-state index contributed by atoms with van der Waals surface area (Å²) in [4.78, 5) is 13.8. The van der Waals surface area contributed by atoms with E-state index in [0.717, 1.165) is 0 Å². The van der Waals surface area contributed by atoms with E-state index in [-0.39, 0.29) is 11.8 Å². The lowest BCUT2D eigenvalue weighted by molar-refractivity contribution is -0.141. The van der Waals surface area contributed by atoms with Crippen molar-refractivity contribution >= 4 is 5.91 Å². The van der Waals surface area contributed by atoms with E-state index in [4.69, 9.17) is 10.00 Å². The first-order valence-corrected chi connectivity index (χ1v) is 5.52. The fourth-order valence-electron chi connectivity index (χ4n) is 2.01. The zero-order valence-electron chi connectivity index (χ0n) is 8.98. The third kappa shape index (κ3) is 2.29. The van der Waals surface area contributed by atoms with Gasteiger partial charge in [-0.1, -0.05) is 6.92 Å². The van der Waals surface area contributed by atoms with Crippen LogP contribution in [0.2, 0.25) is 0 Å². The summed E-state index contributed by atoms with van der Waals surface area (Å²) in [7, 11) is 0. The summed E-state index contributed by atoms with van der Waals surface area (Å²) in [5, 5.41) is 8.74. The number of hydrogen-bond acceptors (Lipinski definition) is 3. The van der Waals surface area contributed by atoms with E-state index >= 15 is 0 Å². The molecule has 82 valence electrons. The molecule has 4 heteroatoms. The molecular weight excluding hydrogens is 192 g/mol. The molecular formula is C11H16N2O2. The van der Waals surface area contributed by atoms with E-state index in [2.05, 4.69) is 6.07 Å². The molecule has 1 heterocycles. The van der Waals surface area contributed by atoms with Crippen LogP contribution in [0, 0.1) is 23.2 Å². The monoisotopic (exact) mass is 208 g/mol. The van der Waals surface area contributed by atoms with Crippen LogP contribution in [0.4, 0.5) is 0 Å². The minimum atomic E-state index is -0.436. The van der Waals surface area contributed by atoms with Gasteiger partial charge in [-0.25, -0.2) is 0 Å². The number of amides is 1. The molecule has 2 aliphatic rings. The van der Waals surface area contributed by atoms with E-state index in [1.54, 1.807) is 4.90 Å². The van der Waals surface area contributed by atoms with E-state index in [1.165, 1.54) is 12.8 Å². The van der Waals surface area contributed by atoms with Gasteiger partial charge in [0.1, 0.15) is 0 Å². The van der Waals surface area contributed by atoms with Gasteiger partial charge in [-0.3, -0.25) is 4.79 Å². The summed E-state index contributed by atoms with van der Waals surface area (Å²) < 4.78 is 5.21. The summed E-state index contributed by atoms with van der Waals surface area (Å²) in [6.45, 7) is 3.55. The van der Waals surface area contributed by atoms with Crippen molar-refractivity contribution in [2.24, 2.45) is 11.8 Å². The van der Waals surface area contributed by atoms with Crippen molar-refractivity contribution in [2.75, 3.05) is 19.7 Å². The predicted octanol–water partition coefficient (Wildman–Crippen LogP) is 0.783. The third-order valence-electron chi connectivity index (χ3n) is 3.24. The van der Waals surface area contributed by atoms with E-state index < -0.39 is 6.10 Å². The predicted molar refractivity (Wildman–Crippen MR) is 53.8 cm³/mol. The van der Waals surface area contributed by atoms with Crippen molar-refractivity contribution < 1.29 is 9.53 Å². The molecule has 0 aromatic rings. The summed E-state index contributed by atoms with van der Waals surface area (Å²) in [5.41, 5.74) is 0. The summed E-state index contributed by atoms with van der Waals surface area (Å²) >= 11 is 0. The number of hydrogen-bond donors (Lipinski definition) is 0. The Morgan fingerprint density at radius 1 is 1.60 bits per heavy atom. The first-order valence-electron chi connectivity index (χ1n) is 5.52. The molecule has 0 radical (unpaired) electrons. The molecule has 1 saturated heterocycles. The highest BCUT2D eigenvalue weighted by atomic mass is 16.5. The second kappa shape index (κ2) is 4.19. The van der Waals surface area contributed by atoms with Crippen molar-refractivity contribution in [3.8, 4) is 6.07 Å². The quantitative estimate of drug-likeness (QED) is 0.674. The number of ether oxygens (including phenoxy) is 1. The first-order chi connectivity index (χ1) is 7.22. The summed E-state index contributed by atoms with van der Waals surface area (Å²) in [6, 6.07) is 2.06. The molecule has 0 spiro atoms. The molecule has 0 bridgehead atoms. The van der Waals surface area contributed by atoms with Gasteiger partial charge < -0.3 is 9.64 Å². The Morgan fingerprint density at radius 3 is 2.93 bits per heavy atom. The summed E-state index contributed by atoms with van der Waals surface area (Å²) in [5.74, 6) is 0.907. The molecule has 2 rings (SSSR count). The lowest BCUT2D eigenvalue weighted by Crippen LogP contribution is -2.47. The minimum absolute atomic E-state index is 0.127. The van der Waals surface area contributed by atoms with Crippen LogP contribution in [-0.4, -0.2) is 36.6 Å². The third-order valence-corrected chi connectivity index (χ3v) is 3.24. The average Bonchev–Trinajstić information content (AvgIpc) is 3.11. The minimum Gasteiger partial charge on any atom is -0.360 e. The van der Waals surface area contributed by atoms with Gasteiger partial charge in [-0.2, -0.15) is 5.26 Å². The molecule has 2 atom stereocenters. The van der Waals surface area contributed by atoms with Crippen molar-refractivity contribution in [1.82, 2.24) is 4.90 Å². The Kier molecular flexibility index (Phi) is 2.92. The van der Waals surface area contributed by atoms with Gasteiger partial charge in [-0.05, 0) is 18.8 Å². The number of rotatable bonds is 2. The number of carbonyl (C=O) groups excluding carboxylic acids is 1. The van der Waals surface area contributed by atoms with Gasteiger partial charge in [0.15, 0.2) is 6.10 Å². The van der Waals surface area contributed by atoms with E-state index in [9.17, 15) is 4.79 Å². The fraction of sp³-hybridized carbons (Fsp3) is 0.818. The van der Waals surface area contributed by atoms with Crippen LogP contribution in [0.1, 0.15) is 19.8 Å². The molecule has 15 heavy (non-hydrogen) atoms. The van der Waals surface area contributed by atoms with Crippen LogP contribution in [-0.2, 0) is 9.53 Å². The summed E-state index contributed by atoms with van der Waals surface area (Å²) in [6.07, 6.45) is 1.92. The molecule has 2 unspecified atom stereocenters. The smallest absolute Gasteiger partial charge is 0.225 e. The molecule has 1 aliphatic carbocycles. The van der Waals surface area contributed by atoms with Crippen LogP contribution in [0.15, 0.2) is 0 Å². The highest BCUT2D eigenvalue weighted by molar-refractivity contribution is 5.79. The zero-order chi connectivity index (χ0) is 10.8. The second-order valence-electron chi connectivity index (χ2n) is 4.40. The topological polar surface area (TPSA) is 53.3 Å². The Morgan fingerprint density at radius 2 is 2.33 bits per heavy atom. The number of morpholine rings is 1. The van der Waals surface area contributed by atoms with Gasteiger partial charge in [0.2, 0.25) is 5.91 Å². The molecule has 1 saturated carbocycles. The molecule has 0 aromatic heterocycles. The average molecular weight is 208 g/mol. The number of nitrogens with zero attached hydrogens (tertiary/aromatic N) is 2. The fourth-order valence-corrected chi connectivity index (χ4v) is 2.01. The number of carbonyl (C=O) groups is 1. The first kappa shape index (κ1) is 10.4. The van der Waals surface area contributed by atoms with Gasteiger partial charge >= 0.3 is 0 Å². The van der Waals surface area contributed by atoms with Crippen LogP contribution >= 0.6 is 0 Å². The molecule has 1 aliphatic heterocycles. The highest BCUT2D eigenvalue weighted by Crippen LogP contribution is 2.37. The number of nitriles is 1. The second-order valence-corrected chi connectivity index (χ2v) is 4.40. The van der Waals surface area contributed by atoms with Crippen LogP contribution in [0.5, 0.6) is 0 Å². The molecule has 2 fully saturated rings. The largest absolute Gasteiger partial charge is 0.360 e. The van der Waals surface area contributed by atoms with E-state index in [1.807, 2.05) is 6.92 Å². The SMILES string of the molecule is CC(C(=O)N1CCOC(C#N)C1)C1CC1. The van der Waals surface area contributed by atoms with Crippen molar-refractivity contribution in [3.05, 3.63) is 0 Å². The van der Waals surface area contributed by atoms with Gasteiger partial charge in [0.25, 0.3) is 0 Å². The maximum absolute atomic E-state index is 12.0. The lowest BCUT2D eigenvalue weighted by Gasteiger charge is -2.31. The molecule has 0 N–H and O–H groups in total. The maximum Gasteiger partial charge on any atom is 0.225 e. The highest BCUT2D eigenvalue weighted by Gasteiger charge is 2.36. The van der Waals surface area contributed by atoms with Crippen LogP contribution < -0.4 is 0 Å². The van der Waals surface area contributed by atoms with Crippen LogP contribution in [0.25, 0.3) is 0 Å². The van der Waals surface area contributed by atoms with Crippen molar-refractivity contribution in [2.45, 2.75) is 25.9 Å². The van der Waals surface area contributed by atoms with Crippen molar-refractivity contribution in [1.29, 1.82) is 5.26 Å². The normalized spacial score (nSPS) is 28.3. The Balaban J connectivity index is 1.91. The molecule has 0 aromatic carbocycles. The zero-order valence-corrected chi connectivity index (χ0v) is 8.98. The van der Waals surface area contributed by atoms with Gasteiger partial charge in [0, 0.05) is 12.5 Å². The van der Waals surface area contributed by atoms with Crippen molar-refractivity contribution in [3.63, 3.8) is 0 Å². The maximum atomic E-state index is 12.0. The Labute approximate surface area is 89.8 Å². The molecule has 4 nitrogen and oxygen atoms in total. The van der Waals surface area contributed by atoms with Gasteiger partial charge in [0.05, 0.1) is 19.2 Å². The van der Waals surface area contributed by atoms with Crippen LogP contribution in [0.3, 0.4) is 0 Å².